The summed E-state index contributed by atoms with van der Waals surface area (Å²) in [4.78, 5) is 31.0. The van der Waals surface area contributed by atoms with Gasteiger partial charge in [-0.15, -0.1) is 0 Å². The van der Waals surface area contributed by atoms with Crippen molar-refractivity contribution in [3.63, 3.8) is 0 Å². The Bertz CT molecular complexity index is 1720. The van der Waals surface area contributed by atoms with E-state index in [0.717, 1.165) is 10.0 Å². The highest BCUT2D eigenvalue weighted by Crippen LogP contribution is 2.33. The summed E-state index contributed by atoms with van der Waals surface area (Å²) in [6.45, 7) is 0. The number of hydrogen-bond donors (Lipinski definition) is 0. The summed E-state index contributed by atoms with van der Waals surface area (Å²) < 4.78 is 8.21. The molecule has 0 unspecified atom stereocenters. The van der Waals surface area contributed by atoms with Gasteiger partial charge in [-0.1, -0.05) is 70.0 Å². The number of para-hydroxylation sites is 1. The van der Waals surface area contributed by atoms with Gasteiger partial charge in [0, 0.05) is 20.6 Å². The Morgan fingerprint density at radius 3 is 2.41 bits per heavy atom. The van der Waals surface area contributed by atoms with Gasteiger partial charge in [-0.2, -0.15) is 9.78 Å². The van der Waals surface area contributed by atoms with Crippen LogP contribution in [0.15, 0.2) is 110 Å². The third kappa shape index (κ3) is 5.41. The first kappa shape index (κ1) is 25.1. The Hall–Kier alpha value is -3.59. The van der Waals surface area contributed by atoms with E-state index in [4.69, 9.17) is 21.3 Å². The van der Waals surface area contributed by atoms with Crippen LogP contribution in [-0.4, -0.2) is 21.8 Å². The molecule has 0 aliphatic rings. The van der Waals surface area contributed by atoms with Crippen LogP contribution in [0.25, 0.3) is 22.3 Å². The fraction of sp³-hybridized carbons (Fsp3) is 0. The molecule has 0 bridgehead atoms. The van der Waals surface area contributed by atoms with Gasteiger partial charge in [0.25, 0.3) is 5.56 Å². The van der Waals surface area contributed by atoms with E-state index in [1.807, 2.05) is 36.4 Å². The molecule has 1 heterocycles. The van der Waals surface area contributed by atoms with Crippen LogP contribution in [-0.2, 0) is 0 Å². The van der Waals surface area contributed by atoms with Crippen molar-refractivity contribution >= 4 is 66.5 Å². The predicted octanol–water partition coefficient (Wildman–Crippen LogP) is 7.34. The molecule has 4 aromatic carbocycles. The van der Waals surface area contributed by atoms with E-state index < -0.39 is 5.97 Å². The van der Waals surface area contributed by atoms with Crippen molar-refractivity contribution in [1.82, 2.24) is 9.66 Å². The molecule has 0 fully saturated rings. The topological polar surface area (TPSA) is 73.5 Å². The summed E-state index contributed by atoms with van der Waals surface area (Å²) in [6.07, 6.45) is 1.46. The molecule has 6 nitrogen and oxygen atoms in total. The Labute approximate surface area is 233 Å². The summed E-state index contributed by atoms with van der Waals surface area (Å²) in [5.74, 6) is 0.0631. The summed E-state index contributed by atoms with van der Waals surface area (Å²) in [6, 6.07) is 26.3. The molecule has 0 radical (unpaired) electrons. The first-order valence-corrected chi connectivity index (χ1v) is 13.0. The smallest absolute Gasteiger partial charge is 0.343 e. The quantitative estimate of drug-likeness (QED) is 0.115. The molecule has 37 heavy (non-hydrogen) atoms. The van der Waals surface area contributed by atoms with Crippen molar-refractivity contribution < 1.29 is 9.53 Å². The first-order valence-electron chi connectivity index (χ1n) is 11.0. The fourth-order valence-electron chi connectivity index (χ4n) is 3.65. The molecule has 0 aliphatic heterocycles. The second kappa shape index (κ2) is 10.8. The summed E-state index contributed by atoms with van der Waals surface area (Å²) >= 11 is 12.9. The highest BCUT2D eigenvalue weighted by molar-refractivity contribution is 9.11. The maximum Gasteiger partial charge on any atom is 0.343 e. The monoisotopic (exact) mass is 635 g/mol. The minimum absolute atomic E-state index is 0.245. The van der Waals surface area contributed by atoms with Gasteiger partial charge in [0.2, 0.25) is 0 Å². The minimum atomic E-state index is -0.566. The third-order valence-electron chi connectivity index (χ3n) is 5.41. The summed E-state index contributed by atoms with van der Waals surface area (Å²) in [7, 11) is 0. The van der Waals surface area contributed by atoms with E-state index in [1.54, 1.807) is 54.6 Å². The molecular weight excluding hydrogens is 622 g/mol. The molecular formula is C28H16Br2ClN3O3. The maximum atomic E-state index is 13.4. The van der Waals surface area contributed by atoms with Crippen LogP contribution in [0.5, 0.6) is 5.75 Å². The van der Waals surface area contributed by atoms with Gasteiger partial charge >= 0.3 is 5.97 Å². The van der Waals surface area contributed by atoms with Gasteiger partial charge in [0.1, 0.15) is 0 Å². The van der Waals surface area contributed by atoms with Crippen molar-refractivity contribution in [2.24, 2.45) is 5.10 Å². The van der Waals surface area contributed by atoms with Crippen LogP contribution in [0.3, 0.4) is 0 Å². The molecule has 9 heteroatoms. The molecule has 0 N–H and O–H groups in total. The van der Waals surface area contributed by atoms with E-state index >= 15 is 0 Å². The van der Waals surface area contributed by atoms with Gasteiger partial charge in [-0.05, 0) is 64.5 Å². The zero-order chi connectivity index (χ0) is 25.9. The second-order valence-electron chi connectivity index (χ2n) is 7.88. The average molecular weight is 638 g/mol. The lowest BCUT2D eigenvalue weighted by Crippen LogP contribution is -2.20. The zero-order valence-electron chi connectivity index (χ0n) is 18.9. The number of hydrogen-bond acceptors (Lipinski definition) is 5. The van der Waals surface area contributed by atoms with Crippen LogP contribution in [0, 0.1) is 0 Å². The van der Waals surface area contributed by atoms with Crippen LogP contribution >= 0.6 is 43.5 Å². The molecule has 5 rings (SSSR count). The molecule has 0 spiro atoms. The van der Waals surface area contributed by atoms with Crippen molar-refractivity contribution in [3.8, 4) is 17.1 Å². The average Bonchev–Trinajstić information content (AvgIpc) is 2.90. The lowest BCUT2D eigenvalue weighted by atomic mass is 10.2. The minimum Gasteiger partial charge on any atom is -0.421 e. The molecule has 0 saturated carbocycles. The van der Waals surface area contributed by atoms with Crippen molar-refractivity contribution in [1.29, 1.82) is 0 Å². The Kier molecular flexibility index (Phi) is 7.32. The number of benzene rings is 4. The largest absolute Gasteiger partial charge is 0.421 e. The molecule has 1 aromatic heterocycles. The van der Waals surface area contributed by atoms with Gasteiger partial charge < -0.3 is 4.74 Å². The van der Waals surface area contributed by atoms with E-state index in [9.17, 15) is 9.59 Å². The molecule has 182 valence electrons. The van der Waals surface area contributed by atoms with E-state index in [-0.39, 0.29) is 11.3 Å². The van der Waals surface area contributed by atoms with E-state index in [1.165, 1.54) is 10.9 Å². The molecule has 0 aliphatic carbocycles. The van der Waals surface area contributed by atoms with Crippen LogP contribution in [0.4, 0.5) is 0 Å². The molecule has 0 amide bonds. The lowest BCUT2D eigenvalue weighted by Gasteiger charge is -2.12. The highest BCUT2D eigenvalue weighted by Gasteiger charge is 2.17. The Morgan fingerprint density at radius 2 is 1.65 bits per heavy atom. The van der Waals surface area contributed by atoms with Crippen molar-refractivity contribution in [3.05, 3.63) is 126 Å². The third-order valence-corrected chi connectivity index (χ3v) is 6.71. The maximum absolute atomic E-state index is 13.4. The SMILES string of the molecule is O=C(Oc1c(Br)cc(Br)cc1C=Nn1c(-c2ccccc2)nc2ccccc2c1=O)c1ccc(Cl)cc1. The molecule has 0 atom stereocenters. The molecule has 0 saturated heterocycles. The predicted molar refractivity (Wildman–Crippen MR) is 153 cm³/mol. The Balaban J connectivity index is 1.61. The summed E-state index contributed by atoms with van der Waals surface area (Å²) in [5, 5.41) is 5.45. The van der Waals surface area contributed by atoms with Gasteiger partial charge in [-0.25, -0.2) is 9.78 Å². The van der Waals surface area contributed by atoms with Crippen molar-refractivity contribution in [2.45, 2.75) is 0 Å². The normalized spacial score (nSPS) is 11.2. The number of nitrogens with zero attached hydrogens (tertiary/aromatic N) is 3. The molecule has 5 aromatic rings. The van der Waals surface area contributed by atoms with Crippen LogP contribution in [0.2, 0.25) is 5.02 Å². The number of rotatable bonds is 5. The van der Waals surface area contributed by atoms with Gasteiger partial charge in [0.15, 0.2) is 11.6 Å². The van der Waals surface area contributed by atoms with Crippen molar-refractivity contribution in [2.75, 3.05) is 0 Å². The van der Waals surface area contributed by atoms with E-state index in [2.05, 4.69) is 37.0 Å². The van der Waals surface area contributed by atoms with Gasteiger partial charge in [0.05, 0.1) is 27.2 Å². The number of esters is 1. The van der Waals surface area contributed by atoms with Crippen LogP contribution in [0.1, 0.15) is 15.9 Å². The highest BCUT2D eigenvalue weighted by atomic mass is 79.9. The second-order valence-corrected chi connectivity index (χ2v) is 10.1. The number of ether oxygens (including phenoxy) is 1. The lowest BCUT2D eigenvalue weighted by molar-refractivity contribution is 0.0733. The fourth-order valence-corrected chi connectivity index (χ4v) is 5.11. The Morgan fingerprint density at radius 1 is 0.946 bits per heavy atom. The van der Waals surface area contributed by atoms with Gasteiger partial charge in [-0.3, -0.25) is 4.79 Å². The standard InChI is InChI=1S/C28H16Br2ClN3O3/c29-20-14-19(25(23(30)15-20)37-28(36)18-10-12-21(31)13-11-18)16-32-34-26(17-6-2-1-3-7-17)33-24-9-5-4-8-22(24)27(34)35/h1-16H. The number of fused-ring (bicyclic) bond motifs is 1. The number of halogens is 3. The number of carbonyl (C=O) groups is 1. The van der Waals surface area contributed by atoms with Crippen LogP contribution < -0.4 is 10.3 Å². The summed E-state index contributed by atoms with van der Waals surface area (Å²) in [5.41, 5.74) is 1.77. The number of aromatic nitrogens is 2. The van der Waals surface area contributed by atoms with E-state index in [0.29, 0.717) is 37.3 Å². The first-order chi connectivity index (χ1) is 17.9. The number of carbonyl (C=O) groups excluding carboxylic acids is 1. The zero-order valence-corrected chi connectivity index (χ0v) is 22.9.